The van der Waals surface area contributed by atoms with Gasteiger partial charge in [0.1, 0.15) is 29.3 Å². The van der Waals surface area contributed by atoms with Gasteiger partial charge in [0, 0.05) is 18.2 Å². The van der Waals surface area contributed by atoms with Crippen molar-refractivity contribution in [1.29, 1.82) is 5.26 Å². The Bertz CT molecular complexity index is 841. The maximum atomic E-state index is 13.6. The molecule has 0 spiro atoms. The van der Waals surface area contributed by atoms with Crippen LogP contribution < -0.4 is 10.1 Å². The molecule has 0 unspecified atom stereocenters. The first-order valence-corrected chi connectivity index (χ1v) is 9.12. The van der Waals surface area contributed by atoms with Gasteiger partial charge in [-0.15, -0.1) is 0 Å². The molecule has 0 bridgehead atoms. The van der Waals surface area contributed by atoms with Crippen molar-refractivity contribution < 1.29 is 23.1 Å². The summed E-state index contributed by atoms with van der Waals surface area (Å²) in [5.74, 6) is -0.507. The van der Waals surface area contributed by atoms with Gasteiger partial charge >= 0.3 is 6.09 Å². The van der Waals surface area contributed by atoms with Crippen molar-refractivity contribution in [1.82, 2.24) is 5.32 Å². The van der Waals surface area contributed by atoms with Crippen LogP contribution in [0.15, 0.2) is 35.1 Å². The van der Waals surface area contributed by atoms with E-state index in [4.69, 9.17) is 25.5 Å². The molecular formula is C20H22ClFN2O4. The van der Waals surface area contributed by atoms with Crippen LogP contribution in [-0.2, 0) is 4.74 Å². The van der Waals surface area contributed by atoms with Crippen LogP contribution in [0.5, 0.6) is 5.75 Å². The summed E-state index contributed by atoms with van der Waals surface area (Å²) in [6.45, 7) is 5.74. The van der Waals surface area contributed by atoms with Gasteiger partial charge in [0.25, 0.3) is 0 Å². The molecule has 2 rings (SSSR count). The molecule has 1 heterocycles. The molecule has 0 fully saturated rings. The lowest BCUT2D eigenvalue weighted by atomic mass is 10.1. The van der Waals surface area contributed by atoms with Crippen molar-refractivity contribution in [3.63, 3.8) is 0 Å². The van der Waals surface area contributed by atoms with Crippen LogP contribution in [-0.4, -0.2) is 18.2 Å². The molecule has 1 aromatic heterocycles. The number of benzene rings is 1. The third-order valence-corrected chi connectivity index (χ3v) is 3.93. The molecule has 8 heteroatoms. The van der Waals surface area contributed by atoms with Crippen LogP contribution in [0, 0.1) is 17.1 Å². The van der Waals surface area contributed by atoms with E-state index in [1.807, 2.05) is 6.07 Å². The first-order chi connectivity index (χ1) is 13.2. The Hall–Kier alpha value is -2.72. The lowest BCUT2D eigenvalue weighted by Crippen LogP contribution is -2.33. The number of halogens is 2. The molecule has 2 aromatic rings. The second-order valence-electron chi connectivity index (χ2n) is 7.11. The van der Waals surface area contributed by atoms with E-state index in [1.54, 1.807) is 26.8 Å². The highest BCUT2D eigenvalue weighted by molar-refractivity contribution is 6.30. The van der Waals surface area contributed by atoms with Crippen LogP contribution in [0.3, 0.4) is 0 Å². The Labute approximate surface area is 168 Å². The van der Waals surface area contributed by atoms with Crippen molar-refractivity contribution in [2.45, 2.75) is 45.3 Å². The number of furan rings is 1. The average molecular weight is 409 g/mol. The minimum Gasteiger partial charge on any atom is -0.484 e. The minimum absolute atomic E-state index is 0.0438. The van der Waals surface area contributed by atoms with Crippen LogP contribution in [0.1, 0.15) is 50.8 Å². The third-order valence-electron chi connectivity index (χ3n) is 3.64. The highest BCUT2D eigenvalue weighted by atomic mass is 35.5. The Kier molecular flexibility index (Phi) is 7.30. The summed E-state index contributed by atoms with van der Waals surface area (Å²) in [6, 6.07) is 5.95. The number of nitrogens with zero attached hydrogens (tertiary/aromatic N) is 1. The van der Waals surface area contributed by atoms with Gasteiger partial charge in [-0.25, -0.2) is 9.18 Å². The summed E-state index contributed by atoms with van der Waals surface area (Å²) in [4.78, 5) is 11.7. The molecule has 6 nitrogen and oxygen atoms in total. The molecule has 0 aliphatic heterocycles. The largest absolute Gasteiger partial charge is 0.484 e. The number of hydrogen-bond donors (Lipinski definition) is 1. The smallest absolute Gasteiger partial charge is 0.407 e. The molecule has 150 valence electrons. The number of nitrogens with one attached hydrogen (secondary N) is 1. The molecule has 1 aromatic carbocycles. The highest BCUT2D eigenvalue weighted by Gasteiger charge is 2.19. The fourth-order valence-electron chi connectivity index (χ4n) is 2.41. The summed E-state index contributed by atoms with van der Waals surface area (Å²) in [7, 11) is 0. The van der Waals surface area contributed by atoms with E-state index in [9.17, 15) is 14.4 Å². The van der Waals surface area contributed by atoms with Gasteiger partial charge in [-0.3, -0.25) is 0 Å². The summed E-state index contributed by atoms with van der Waals surface area (Å²) >= 11 is 5.82. The van der Waals surface area contributed by atoms with E-state index in [0.717, 1.165) is 11.6 Å². The van der Waals surface area contributed by atoms with Crippen molar-refractivity contribution >= 4 is 17.7 Å². The first kappa shape index (κ1) is 21.6. The number of hydrogen-bond acceptors (Lipinski definition) is 5. The predicted molar refractivity (Wildman–Crippen MR) is 102 cm³/mol. The van der Waals surface area contributed by atoms with E-state index in [2.05, 4.69) is 5.32 Å². The summed E-state index contributed by atoms with van der Waals surface area (Å²) in [5, 5.41) is 11.8. The van der Waals surface area contributed by atoms with Gasteiger partial charge in [0.15, 0.2) is 0 Å². The van der Waals surface area contributed by atoms with Gasteiger partial charge in [-0.05, 0) is 45.7 Å². The van der Waals surface area contributed by atoms with Crippen LogP contribution in [0.25, 0.3) is 0 Å². The van der Waals surface area contributed by atoms with Crippen LogP contribution >= 0.6 is 11.6 Å². The summed E-state index contributed by atoms with van der Waals surface area (Å²) < 4.78 is 29.8. The minimum atomic E-state index is -0.688. The van der Waals surface area contributed by atoms with Crippen molar-refractivity contribution in [3.8, 4) is 11.8 Å². The van der Waals surface area contributed by atoms with Gasteiger partial charge in [-0.1, -0.05) is 11.6 Å². The molecule has 28 heavy (non-hydrogen) atoms. The SMILES string of the molecule is CC(C)(C)OC(=O)NCCC[C@@H](Oc1cc(Cl)c(F)cc1C#N)c1ccoc1. The van der Waals surface area contributed by atoms with E-state index >= 15 is 0 Å². The summed E-state index contributed by atoms with van der Waals surface area (Å²) in [6.07, 6.45) is 3.16. The molecular weight excluding hydrogens is 387 g/mol. The maximum absolute atomic E-state index is 13.6. The zero-order valence-electron chi connectivity index (χ0n) is 15.9. The third kappa shape index (κ3) is 6.46. The second kappa shape index (κ2) is 9.47. The lowest BCUT2D eigenvalue weighted by Gasteiger charge is -2.21. The zero-order valence-corrected chi connectivity index (χ0v) is 16.7. The fourth-order valence-corrected chi connectivity index (χ4v) is 2.56. The summed E-state index contributed by atoms with van der Waals surface area (Å²) in [5.41, 5.74) is 0.228. The number of carbonyl (C=O) groups excluding carboxylic acids is 1. The predicted octanol–water partition coefficient (Wildman–Crippen LogP) is 5.37. The zero-order chi connectivity index (χ0) is 20.7. The van der Waals surface area contributed by atoms with Crippen LogP contribution in [0.4, 0.5) is 9.18 Å². The van der Waals surface area contributed by atoms with Gasteiger partial charge in [0.05, 0.1) is 23.1 Å². The topological polar surface area (TPSA) is 84.5 Å². The molecule has 1 N–H and O–H groups in total. The highest BCUT2D eigenvalue weighted by Crippen LogP contribution is 2.32. The van der Waals surface area contributed by atoms with Crippen LogP contribution in [0.2, 0.25) is 5.02 Å². The van der Waals surface area contributed by atoms with E-state index in [1.165, 1.54) is 18.6 Å². The average Bonchev–Trinajstić information content (AvgIpc) is 3.13. The van der Waals surface area contributed by atoms with Gasteiger partial charge < -0.3 is 19.2 Å². The number of amides is 1. The van der Waals surface area contributed by atoms with Gasteiger partial charge in [-0.2, -0.15) is 5.26 Å². The quantitative estimate of drug-likeness (QED) is 0.622. The molecule has 1 atom stereocenters. The standard InChI is InChI=1S/C20H22ClFN2O4/c1-20(2,3)28-19(25)24-7-4-5-17(13-6-8-26-12-13)27-18-10-15(21)16(22)9-14(18)11-23/h6,8-10,12,17H,4-5,7H2,1-3H3,(H,24,25)/t17-/m1/s1. The molecule has 0 aliphatic carbocycles. The monoisotopic (exact) mass is 408 g/mol. The van der Waals surface area contributed by atoms with Crippen molar-refractivity contribution in [2.75, 3.05) is 6.54 Å². The van der Waals surface area contributed by atoms with Crippen molar-refractivity contribution in [2.24, 2.45) is 0 Å². The number of alkyl carbamates (subject to hydrolysis) is 1. The molecule has 0 radical (unpaired) electrons. The first-order valence-electron chi connectivity index (χ1n) is 8.74. The molecule has 0 saturated carbocycles. The van der Waals surface area contributed by atoms with Crippen molar-refractivity contribution in [3.05, 3.63) is 52.7 Å². The Morgan fingerprint density at radius 1 is 1.43 bits per heavy atom. The molecule has 0 aliphatic rings. The van der Waals surface area contributed by atoms with Gasteiger partial charge in [0.2, 0.25) is 0 Å². The van der Waals surface area contributed by atoms with E-state index < -0.39 is 23.6 Å². The number of ether oxygens (including phenoxy) is 2. The Morgan fingerprint density at radius 3 is 2.79 bits per heavy atom. The number of rotatable bonds is 7. The fraction of sp³-hybridized carbons (Fsp3) is 0.400. The lowest BCUT2D eigenvalue weighted by molar-refractivity contribution is 0.0524. The number of carbonyl (C=O) groups is 1. The second-order valence-corrected chi connectivity index (χ2v) is 7.52. The van der Waals surface area contributed by atoms with E-state index in [-0.39, 0.29) is 16.3 Å². The van der Waals surface area contributed by atoms with E-state index in [0.29, 0.717) is 19.4 Å². The Balaban J connectivity index is 2.02. The number of nitriles is 1. The molecule has 1 amide bonds. The maximum Gasteiger partial charge on any atom is 0.407 e. The molecule has 0 saturated heterocycles. The Morgan fingerprint density at radius 2 is 2.18 bits per heavy atom. The normalized spacial score (nSPS) is 12.1.